The lowest BCUT2D eigenvalue weighted by Gasteiger charge is -2.11. The number of benzene rings is 2. The van der Waals surface area contributed by atoms with Gasteiger partial charge in [0.2, 0.25) is 0 Å². The molecule has 0 radical (unpaired) electrons. The summed E-state index contributed by atoms with van der Waals surface area (Å²) in [5, 5.41) is 6.08. The minimum absolute atomic E-state index is 0.345. The van der Waals surface area contributed by atoms with Crippen LogP contribution in [0.1, 0.15) is 27.3 Å². The zero-order valence-corrected chi connectivity index (χ0v) is 22.8. The van der Waals surface area contributed by atoms with Crippen LogP contribution in [0.5, 0.6) is 0 Å². The smallest absolute Gasteiger partial charge is 0.298 e. The third-order valence-corrected chi connectivity index (χ3v) is 6.46. The van der Waals surface area contributed by atoms with Gasteiger partial charge in [-0.15, -0.1) is 0 Å². The molecule has 0 saturated heterocycles. The van der Waals surface area contributed by atoms with Gasteiger partial charge in [-0.25, -0.2) is 10.4 Å². The molecule has 0 bridgehead atoms. The maximum atomic E-state index is 13.5. The second-order valence-electron chi connectivity index (χ2n) is 9.78. The number of amides is 1. The minimum Gasteiger partial charge on any atom is -0.384 e. The van der Waals surface area contributed by atoms with Crippen molar-refractivity contribution in [1.82, 2.24) is 14.8 Å². The third kappa shape index (κ3) is 6.19. The van der Waals surface area contributed by atoms with E-state index in [9.17, 15) is 9.59 Å². The average molecular weight is 533 g/mol. The number of Topliss-reactive ketones (excluding diaryl/α,β-unsaturated/α-hetero) is 1. The van der Waals surface area contributed by atoms with Crippen molar-refractivity contribution in [2.24, 2.45) is 0 Å². The zero-order valence-electron chi connectivity index (χ0n) is 22.8. The normalized spacial score (nSPS) is 10.9. The molecule has 5 aromatic rings. The maximum absolute atomic E-state index is 13.5. The van der Waals surface area contributed by atoms with Crippen LogP contribution < -0.4 is 21.5 Å². The number of anilines is 3. The molecule has 8 nitrogen and oxygen atoms in total. The van der Waals surface area contributed by atoms with Crippen LogP contribution in [0.25, 0.3) is 16.6 Å². The van der Waals surface area contributed by atoms with Gasteiger partial charge < -0.3 is 20.5 Å². The molecule has 3 aromatic heterocycles. The van der Waals surface area contributed by atoms with Gasteiger partial charge in [-0.2, -0.15) is 0 Å². The molecule has 0 aliphatic carbocycles. The van der Waals surface area contributed by atoms with E-state index in [0.717, 1.165) is 45.0 Å². The van der Waals surface area contributed by atoms with Crippen molar-refractivity contribution in [3.05, 3.63) is 114 Å². The maximum Gasteiger partial charge on any atom is 0.298 e. The molecule has 202 valence electrons. The molecular formula is C32H32N6O2. The fourth-order valence-electron chi connectivity index (χ4n) is 4.64. The number of nitrogens with one attached hydrogen (secondary N) is 4. The average Bonchev–Trinajstić information content (AvgIpc) is 3.32. The summed E-state index contributed by atoms with van der Waals surface area (Å²) in [7, 11) is 0. The number of fused-ring (bicyclic) bond motifs is 1. The van der Waals surface area contributed by atoms with Gasteiger partial charge >= 0.3 is 0 Å². The standard InChI is InChI=1S/C32H32N6O2/c1-21-9-14-27-19-28(24-7-5-4-6-8-24)30(38(27)20-21)31(39)32(40)36-26-12-10-25(11-13-26)33-15-16-34-37-29-18-22(2)17-23(3)35-29/h4-14,17-20,33-34H,15-16H2,1-3H3,(H,35,37)(H,36,40). The van der Waals surface area contributed by atoms with E-state index in [1.165, 1.54) is 0 Å². The fourth-order valence-corrected chi connectivity index (χ4v) is 4.64. The first kappa shape index (κ1) is 26.6. The predicted octanol–water partition coefficient (Wildman–Crippen LogP) is 5.78. The van der Waals surface area contributed by atoms with Crippen LogP contribution in [0.3, 0.4) is 0 Å². The Labute approximate surface area is 233 Å². The molecular weight excluding hydrogens is 500 g/mol. The summed E-state index contributed by atoms with van der Waals surface area (Å²) >= 11 is 0. The zero-order chi connectivity index (χ0) is 28.1. The lowest BCUT2D eigenvalue weighted by Crippen LogP contribution is -2.28. The van der Waals surface area contributed by atoms with Crippen LogP contribution >= 0.6 is 0 Å². The number of hydrazine groups is 1. The Morgan fingerprint density at radius 2 is 1.55 bits per heavy atom. The molecule has 0 aliphatic rings. The van der Waals surface area contributed by atoms with Crippen LogP contribution in [0.4, 0.5) is 17.2 Å². The molecule has 2 aromatic carbocycles. The molecule has 40 heavy (non-hydrogen) atoms. The van der Waals surface area contributed by atoms with Crippen molar-refractivity contribution in [3.63, 3.8) is 0 Å². The van der Waals surface area contributed by atoms with Gasteiger partial charge in [0.25, 0.3) is 11.7 Å². The largest absolute Gasteiger partial charge is 0.384 e. The van der Waals surface area contributed by atoms with Crippen molar-refractivity contribution in [1.29, 1.82) is 0 Å². The number of ketones is 1. The first-order chi connectivity index (χ1) is 19.4. The Kier molecular flexibility index (Phi) is 7.89. The highest BCUT2D eigenvalue weighted by molar-refractivity contribution is 6.47. The van der Waals surface area contributed by atoms with Gasteiger partial charge in [-0.05, 0) is 86.0 Å². The molecule has 0 unspecified atom stereocenters. The summed E-state index contributed by atoms with van der Waals surface area (Å²) in [6.45, 7) is 7.29. The van der Waals surface area contributed by atoms with Crippen LogP contribution in [0.15, 0.2) is 91.1 Å². The van der Waals surface area contributed by atoms with E-state index in [2.05, 4.69) is 26.5 Å². The Morgan fingerprint density at radius 1 is 0.800 bits per heavy atom. The molecule has 3 heterocycles. The number of carbonyl (C=O) groups excluding carboxylic acids is 2. The number of hydrogen-bond donors (Lipinski definition) is 4. The number of rotatable bonds is 10. The Bertz CT molecular complexity index is 1640. The molecule has 0 saturated carbocycles. The molecule has 4 N–H and O–H groups in total. The summed E-state index contributed by atoms with van der Waals surface area (Å²) in [5.74, 6) is -0.496. The topological polar surface area (TPSA) is 99.6 Å². The Balaban J connectivity index is 1.21. The number of carbonyl (C=O) groups is 2. The van der Waals surface area contributed by atoms with Gasteiger partial charge in [0.15, 0.2) is 0 Å². The van der Waals surface area contributed by atoms with Crippen LogP contribution in [0, 0.1) is 20.8 Å². The molecule has 1 amide bonds. The number of hydrogen-bond acceptors (Lipinski definition) is 6. The molecule has 0 aliphatic heterocycles. The monoisotopic (exact) mass is 532 g/mol. The molecule has 0 spiro atoms. The van der Waals surface area contributed by atoms with E-state index < -0.39 is 11.7 Å². The van der Waals surface area contributed by atoms with Crippen molar-refractivity contribution in [2.45, 2.75) is 20.8 Å². The van der Waals surface area contributed by atoms with Crippen LogP contribution in [-0.2, 0) is 4.79 Å². The quantitative estimate of drug-likeness (QED) is 0.0788. The van der Waals surface area contributed by atoms with Crippen molar-refractivity contribution >= 4 is 34.4 Å². The van der Waals surface area contributed by atoms with E-state index in [1.54, 1.807) is 16.5 Å². The van der Waals surface area contributed by atoms with Crippen molar-refractivity contribution in [2.75, 3.05) is 29.1 Å². The van der Waals surface area contributed by atoms with Gasteiger partial charge in [-0.3, -0.25) is 9.59 Å². The third-order valence-electron chi connectivity index (χ3n) is 6.46. The second-order valence-corrected chi connectivity index (χ2v) is 9.78. The predicted molar refractivity (Wildman–Crippen MR) is 161 cm³/mol. The van der Waals surface area contributed by atoms with E-state index in [1.807, 2.05) is 99.8 Å². The van der Waals surface area contributed by atoms with E-state index in [4.69, 9.17) is 0 Å². The molecule has 0 fully saturated rings. The summed E-state index contributed by atoms with van der Waals surface area (Å²) in [5.41, 5.74) is 13.6. The van der Waals surface area contributed by atoms with Gasteiger partial charge in [0, 0.05) is 47.4 Å². The number of pyridine rings is 2. The van der Waals surface area contributed by atoms with E-state index >= 15 is 0 Å². The van der Waals surface area contributed by atoms with Gasteiger partial charge in [0.1, 0.15) is 11.5 Å². The summed E-state index contributed by atoms with van der Waals surface area (Å²) in [4.78, 5) is 31.0. The lowest BCUT2D eigenvalue weighted by molar-refractivity contribution is -0.112. The second kappa shape index (κ2) is 11.8. The number of aryl methyl sites for hydroxylation is 3. The van der Waals surface area contributed by atoms with Gasteiger partial charge in [-0.1, -0.05) is 36.4 Å². The van der Waals surface area contributed by atoms with Crippen LogP contribution in [0.2, 0.25) is 0 Å². The minimum atomic E-state index is -0.685. The van der Waals surface area contributed by atoms with E-state index in [-0.39, 0.29) is 0 Å². The van der Waals surface area contributed by atoms with Crippen molar-refractivity contribution in [3.8, 4) is 11.1 Å². The highest BCUT2D eigenvalue weighted by atomic mass is 16.2. The fraction of sp³-hybridized carbons (Fsp3) is 0.156. The summed E-state index contributed by atoms with van der Waals surface area (Å²) in [6.07, 6.45) is 1.88. The van der Waals surface area contributed by atoms with Crippen molar-refractivity contribution < 1.29 is 9.59 Å². The molecule has 8 heteroatoms. The first-order valence-corrected chi connectivity index (χ1v) is 13.2. The SMILES string of the molecule is Cc1cc(C)nc(NNCCNc2ccc(NC(=O)C(=O)c3c(-c4ccccc4)cc4ccc(C)cn34)cc2)c1. The molecule has 0 atom stereocenters. The number of nitrogens with zero attached hydrogens (tertiary/aromatic N) is 2. The molecule has 5 rings (SSSR count). The summed E-state index contributed by atoms with van der Waals surface area (Å²) < 4.78 is 1.80. The lowest BCUT2D eigenvalue weighted by atomic mass is 10.0. The highest BCUT2D eigenvalue weighted by Gasteiger charge is 2.25. The Hall–Kier alpha value is -4.95. The van der Waals surface area contributed by atoms with Crippen LogP contribution in [-0.4, -0.2) is 34.2 Å². The first-order valence-electron chi connectivity index (χ1n) is 13.2. The summed E-state index contributed by atoms with van der Waals surface area (Å²) in [6, 6.07) is 26.8. The highest BCUT2D eigenvalue weighted by Crippen LogP contribution is 2.29. The Morgan fingerprint density at radius 3 is 2.30 bits per heavy atom. The number of aromatic nitrogens is 2. The van der Waals surface area contributed by atoms with Gasteiger partial charge in [0.05, 0.1) is 0 Å². The van der Waals surface area contributed by atoms with E-state index in [0.29, 0.717) is 24.5 Å².